The highest BCUT2D eigenvalue weighted by Crippen LogP contribution is 2.48. The number of hydrogen-bond acceptors (Lipinski definition) is 6. The van der Waals surface area contributed by atoms with Gasteiger partial charge in [-0.05, 0) is 96.5 Å². The summed E-state index contributed by atoms with van der Waals surface area (Å²) in [5.74, 6) is 0.431. The summed E-state index contributed by atoms with van der Waals surface area (Å²) in [6.07, 6.45) is 2.05. The number of nitrogens with zero attached hydrogens (tertiary/aromatic N) is 3. The van der Waals surface area contributed by atoms with Crippen molar-refractivity contribution in [2.24, 2.45) is 5.92 Å². The maximum absolute atomic E-state index is 16.0. The molecular weight excluding hydrogens is 622 g/mol. The zero-order valence-corrected chi connectivity index (χ0v) is 27.8. The first kappa shape index (κ1) is 31.6. The van der Waals surface area contributed by atoms with E-state index in [-0.39, 0.29) is 35.1 Å². The van der Waals surface area contributed by atoms with Crippen LogP contribution in [-0.2, 0) is 6.54 Å². The first-order valence-corrected chi connectivity index (χ1v) is 17.5. The standard InChI is InChI=1S/C40H42F2N4O3/c1-25-18-29(41)3-6-32(25)35-24-49-38-21-31(47)5-8-34(38)39(35)27-2-9-37(36(42)20-27)46-12-10-26(11-13-46)23-44-14-16-45(17-15-44)30-4-7-33-28(19-30)22-43-40(33)48/h2-9,18-21,26,35,39,47H,10-17,22-24H2,1H3,(H,43,48). The van der Waals surface area contributed by atoms with Crippen LogP contribution in [0.3, 0.4) is 0 Å². The Hall–Kier alpha value is -4.63. The number of piperidine rings is 1. The molecule has 2 N–H and O–H groups in total. The fourth-order valence-electron chi connectivity index (χ4n) is 8.43. The Kier molecular flexibility index (Phi) is 8.39. The summed E-state index contributed by atoms with van der Waals surface area (Å²) in [6, 6.07) is 21.7. The van der Waals surface area contributed by atoms with Crippen LogP contribution in [-0.4, -0.2) is 68.3 Å². The highest BCUT2D eigenvalue weighted by molar-refractivity contribution is 5.98. The summed E-state index contributed by atoms with van der Waals surface area (Å²) in [5.41, 5.74) is 7.23. The van der Waals surface area contributed by atoms with Crippen LogP contribution in [0.5, 0.6) is 11.5 Å². The van der Waals surface area contributed by atoms with Gasteiger partial charge in [0.1, 0.15) is 23.1 Å². The zero-order valence-electron chi connectivity index (χ0n) is 27.8. The largest absolute Gasteiger partial charge is 0.508 e. The van der Waals surface area contributed by atoms with E-state index in [1.165, 1.54) is 17.8 Å². The molecule has 2 fully saturated rings. The number of aromatic hydroxyl groups is 1. The molecule has 0 saturated carbocycles. The van der Waals surface area contributed by atoms with Crippen LogP contribution in [0.15, 0.2) is 72.8 Å². The molecule has 0 spiro atoms. The van der Waals surface area contributed by atoms with E-state index in [9.17, 15) is 14.3 Å². The van der Waals surface area contributed by atoms with Gasteiger partial charge in [-0.15, -0.1) is 0 Å². The Morgan fingerprint density at radius 3 is 2.43 bits per heavy atom. The molecule has 4 heterocycles. The number of benzene rings is 4. The summed E-state index contributed by atoms with van der Waals surface area (Å²) in [6.45, 7) is 9.51. The van der Waals surface area contributed by atoms with Crippen LogP contribution in [0.1, 0.15) is 62.9 Å². The van der Waals surface area contributed by atoms with Gasteiger partial charge in [0.2, 0.25) is 0 Å². The van der Waals surface area contributed by atoms with Crippen LogP contribution < -0.4 is 19.9 Å². The van der Waals surface area contributed by atoms with E-state index < -0.39 is 0 Å². The number of fused-ring (bicyclic) bond motifs is 2. The molecule has 4 aliphatic heterocycles. The summed E-state index contributed by atoms with van der Waals surface area (Å²) < 4.78 is 36.1. The third-order valence-electron chi connectivity index (χ3n) is 11.1. The van der Waals surface area contributed by atoms with E-state index in [0.29, 0.717) is 30.5 Å². The molecule has 0 radical (unpaired) electrons. The van der Waals surface area contributed by atoms with E-state index in [2.05, 4.69) is 32.1 Å². The van der Waals surface area contributed by atoms with Gasteiger partial charge < -0.3 is 25.0 Å². The van der Waals surface area contributed by atoms with Crippen LogP contribution in [0.2, 0.25) is 0 Å². The number of ether oxygens (including phenoxy) is 1. The van der Waals surface area contributed by atoms with E-state index in [0.717, 1.165) is 92.0 Å². The van der Waals surface area contributed by atoms with Crippen molar-refractivity contribution in [1.29, 1.82) is 0 Å². The minimum Gasteiger partial charge on any atom is -0.508 e. The molecular formula is C40H42F2N4O3. The smallest absolute Gasteiger partial charge is 0.251 e. The van der Waals surface area contributed by atoms with Crippen LogP contribution in [0, 0.1) is 24.5 Å². The summed E-state index contributed by atoms with van der Waals surface area (Å²) >= 11 is 0. The summed E-state index contributed by atoms with van der Waals surface area (Å²) in [5, 5.41) is 13.0. The predicted octanol–water partition coefficient (Wildman–Crippen LogP) is 6.57. The molecule has 2 unspecified atom stereocenters. The topological polar surface area (TPSA) is 68.3 Å². The van der Waals surface area contributed by atoms with Gasteiger partial charge >= 0.3 is 0 Å². The highest BCUT2D eigenvalue weighted by atomic mass is 19.1. The van der Waals surface area contributed by atoms with Gasteiger partial charge in [-0.2, -0.15) is 0 Å². The van der Waals surface area contributed by atoms with Crippen molar-refractivity contribution in [2.45, 2.75) is 38.1 Å². The Morgan fingerprint density at radius 1 is 0.857 bits per heavy atom. The molecule has 0 aliphatic carbocycles. The Bertz CT molecular complexity index is 1880. The predicted molar refractivity (Wildman–Crippen MR) is 187 cm³/mol. The lowest BCUT2D eigenvalue weighted by Crippen LogP contribution is -2.49. The van der Waals surface area contributed by atoms with Crippen molar-refractivity contribution >= 4 is 17.3 Å². The summed E-state index contributed by atoms with van der Waals surface area (Å²) in [7, 11) is 0. The van der Waals surface area contributed by atoms with E-state index >= 15 is 4.39 Å². The number of carbonyl (C=O) groups excluding carboxylic acids is 1. The second-order valence-electron chi connectivity index (χ2n) is 14.1. The molecule has 2 saturated heterocycles. The number of amides is 1. The number of piperazine rings is 1. The number of rotatable bonds is 6. The van der Waals surface area contributed by atoms with Crippen molar-refractivity contribution < 1.29 is 23.4 Å². The van der Waals surface area contributed by atoms with Gasteiger partial charge in [-0.3, -0.25) is 9.69 Å². The second kappa shape index (κ2) is 13.0. The molecule has 4 aromatic rings. The minimum atomic E-state index is -0.286. The van der Waals surface area contributed by atoms with Gasteiger partial charge in [0, 0.05) is 87.1 Å². The van der Waals surface area contributed by atoms with Crippen LogP contribution in [0.4, 0.5) is 20.2 Å². The molecule has 4 aromatic carbocycles. The molecule has 254 valence electrons. The number of phenolic OH excluding ortho intramolecular Hbond substituents is 1. The normalized spacial score (nSPS) is 21.2. The highest BCUT2D eigenvalue weighted by Gasteiger charge is 2.35. The minimum absolute atomic E-state index is 0.0209. The van der Waals surface area contributed by atoms with E-state index in [1.807, 2.05) is 37.3 Å². The Balaban J connectivity index is 0.914. The Labute approximate surface area is 286 Å². The molecule has 2 atom stereocenters. The lowest BCUT2D eigenvalue weighted by Gasteiger charge is -2.40. The molecule has 8 rings (SSSR count). The third-order valence-corrected chi connectivity index (χ3v) is 11.1. The molecule has 0 bridgehead atoms. The average Bonchev–Trinajstić information content (AvgIpc) is 3.48. The van der Waals surface area contributed by atoms with Crippen molar-refractivity contribution in [3.05, 3.63) is 118 Å². The number of hydrogen-bond donors (Lipinski definition) is 2. The zero-order chi connectivity index (χ0) is 33.6. The molecule has 4 aliphatic rings. The van der Waals surface area contributed by atoms with Crippen LogP contribution in [0.25, 0.3) is 0 Å². The van der Waals surface area contributed by atoms with Gasteiger partial charge in [-0.25, -0.2) is 8.78 Å². The summed E-state index contributed by atoms with van der Waals surface area (Å²) in [4.78, 5) is 19.1. The molecule has 49 heavy (non-hydrogen) atoms. The fraction of sp³-hybridized carbons (Fsp3) is 0.375. The number of halogens is 2. The SMILES string of the molecule is Cc1cc(F)ccc1C1COc2cc(O)ccc2C1c1ccc(N2CCC(CN3CCN(c4ccc5c(c4)CNC5=O)CC3)CC2)c(F)c1. The molecule has 7 nitrogen and oxygen atoms in total. The van der Waals surface area contributed by atoms with Crippen molar-refractivity contribution in [3.63, 3.8) is 0 Å². The van der Waals surface area contributed by atoms with E-state index in [4.69, 9.17) is 4.74 Å². The number of anilines is 2. The lowest BCUT2D eigenvalue weighted by atomic mass is 9.74. The van der Waals surface area contributed by atoms with Crippen molar-refractivity contribution in [3.8, 4) is 11.5 Å². The molecule has 9 heteroatoms. The molecule has 0 aromatic heterocycles. The van der Waals surface area contributed by atoms with Crippen molar-refractivity contribution in [1.82, 2.24) is 10.2 Å². The van der Waals surface area contributed by atoms with Gasteiger partial charge in [-0.1, -0.05) is 18.2 Å². The number of nitrogens with one attached hydrogen (secondary N) is 1. The number of carbonyl (C=O) groups is 1. The maximum atomic E-state index is 16.0. The lowest BCUT2D eigenvalue weighted by molar-refractivity contribution is 0.0965. The first-order valence-electron chi connectivity index (χ1n) is 17.5. The fourth-order valence-corrected chi connectivity index (χ4v) is 8.43. The number of phenols is 1. The van der Waals surface area contributed by atoms with Gasteiger partial charge in [0.15, 0.2) is 0 Å². The average molecular weight is 665 g/mol. The monoisotopic (exact) mass is 664 g/mol. The molecule has 1 amide bonds. The third kappa shape index (κ3) is 6.21. The van der Waals surface area contributed by atoms with Crippen LogP contribution >= 0.6 is 0 Å². The first-order chi connectivity index (χ1) is 23.8. The Morgan fingerprint density at radius 2 is 1.65 bits per heavy atom. The van der Waals surface area contributed by atoms with Gasteiger partial charge in [0.05, 0.1) is 12.3 Å². The van der Waals surface area contributed by atoms with Crippen molar-refractivity contribution in [2.75, 3.05) is 62.2 Å². The van der Waals surface area contributed by atoms with Gasteiger partial charge in [0.25, 0.3) is 5.91 Å². The second-order valence-corrected chi connectivity index (χ2v) is 14.1. The maximum Gasteiger partial charge on any atom is 0.251 e. The quantitative estimate of drug-likeness (QED) is 0.243. The van der Waals surface area contributed by atoms with E-state index in [1.54, 1.807) is 18.2 Å². The number of aryl methyl sites for hydroxylation is 1.